The van der Waals surface area contributed by atoms with Crippen molar-refractivity contribution in [2.75, 3.05) is 0 Å². The molecule has 0 amide bonds. The molecule has 0 spiro atoms. The maximum atomic E-state index is 3.70. The van der Waals surface area contributed by atoms with E-state index in [2.05, 4.69) is 70.3 Å². The number of benzene rings is 1. The van der Waals surface area contributed by atoms with Crippen LogP contribution in [0.15, 0.2) is 30.3 Å². The zero-order valence-electron chi connectivity index (χ0n) is 12.4. The van der Waals surface area contributed by atoms with Crippen LogP contribution in [-0.4, -0.2) is 0 Å². The fourth-order valence-electron chi connectivity index (χ4n) is 2.54. The van der Waals surface area contributed by atoms with E-state index < -0.39 is 0 Å². The largest absolute Gasteiger partial charge is 0.303 e. The van der Waals surface area contributed by atoms with Crippen LogP contribution >= 0.6 is 11.3 Å². The van der Waals surface area contributed by atoms with Gasteiger partial charge in [0.2, 0.25) is 0 Å². The molecular weight excluding hydrogens is 250 g/mol. The predicted octanol–water partition coefficient (Wildman–Crippen LogP) is 5.09. The Morgan fingerprint density at radius 2 is 1.68 bits per heavy atom. The molecule has 0 aliphatic rings. The van der Waals surface area contributed by atoms with Crippen LogP contribution in [0.2, 0.25) is 0 Å². The second-order valence-electron chi connectivity index (χ2n) is 5.42. The molecule has 0 radical (unpaired) electrons. The van der Waals surface area contributed by atoms with Gasteiger partial charge in [0.15, 0.2) is 0 Å². The summed E-state index contributed by atoms with van der Waals surface area (Å²) in [6.07, 6.45) is 0. The van der Waals surface area contributed by atoms with E-state index in [9.17, 15) is 0 Å². The molecule has 2 aromatic rings. The molecule has 19 heavy (non-hydrogen) atoms. The molecule has 102 valence electrons. The van der Waals surface area contributed by atoms with Crippen molar-refractivity contribution in [3.63, 3.8) is 0 Å². The van der Waals surface area contributed by atoms with Crippen LogP contribution in [0.4, 0.5) is 0 Å². The fourth-order valence-corrected chi connectivity index (χ4v) is 3.43. The lowest BCUT2D eigenvalue weighted by Crippen LogP contribution is -2.22. The molecule has 2 unspecified atom stereocenters. The van der Waals surface area contributed by atoms with Gasteiger partial charge in [-0.25, -0.2) is 0 Å². The Balaban J connectivity index is 2.10. The van der Waals surface area contributed by atoms with Crippen molar-refractivity contribution in [3.05, 3.63) is 56.8 Å². The quantitative estimate of drug-likeness (QED) is 0.818. The Morgan fingerprint density at radius 1 is 0.947 bits per heavy atom. The molecule has 0 saturated heterocycles. The van der Waals surface area contributed by atoms with Crippen molar-refractivity contribution in [2.45, 2.75) is 46.7 Å². The lowest BCUT2D eigenvalue weighted by Gasteiger charge is -2.21. The molecule has 1 aromatic carbocycles. The van der Waals surface area contributed by atoms with Gasteiger partial charge < -0.3 is 5.32 Å². The molecule has 0 fully saturated rings. The van der Waals surface area contributed by atoms with Gasteiger partial charge in [0.25, 0.3) is 0 Å². The van der Waals surface area contributed by atoms with Crippen LogP contribution in [-0.2, 0) is 0 Å². The van der Waals surface area contributed by atoms with Crippen LogP contribution in [0.1, 0.15) is 52.4 Å². The minimum Gasteiger partial charge on any atom is -0.303 e. The number of thiophene rings is 1. The van der Waals surface area contributed by atoms with Crippen LogP contribution in [0, 0.1) is 20.8 Å². The van der Waals surface area contributed by atoms with E-state index in [-0.39, 0.29) is 0 Å². The fraction of sp³-hybridized carbons (Fsp3) is 0.412. The van der Waals surface area contributed by atoms with Crippen molar-refractivity contribution in [1.29, 1.82) is 0 Å². The van der Waals surface area contributed by atoms with E-state index in [0.29, 0.717) is 12.1 Å². The van der Waals surface area contributed by atoms with Crippen LogP contribution < -0.4 is 5.32 Å². The van der Waals surface area contributed by atoms with Gasteiger partial charge in [-0.2, -0.15) is 0 Å². The molecule has 1 aromatic heterocycles. The maximum absolute atomic E-state index is 3.70. The molecule has 1 N–H and O–H groups in total. The van der Waals surface area contributed by atoms with Gasteiger partial charge in [0.1, 0.15) is 0 Å². The van der Waals surface area contributed by atoms with Gasteiger partial charge in [-0.05, 0) is 57.9 Å². The third kappa shape index (κ3) is 3.46. The molecule has 1 heterocycles. The smallest absolute Gasteiger partial charge is 0.0391 e. The van der Waals surface area contributed by atoms with E-state index in [0.717, 1.165) is 0 Å². The van der Waals surface area contributed by atoms with Gasteiger partial charge >= 0.3 is 0 Å². The van der Waals surface area contributed by atoms with Gasteiger partial charge in [-0.3, -0.25) is 0 Å². The summed E-state index contributed by atoms with van der Waals surface area (Å²) in [6, 6.07) is 11.9. The first-order chi connectivity index (χ1) is 8.97. The number of rotatable bonds is 4. The van der Waals surface area contributed by atoms with E-state index in [1.807, 2.05) is 11.3 Å². The highest BCUT2D eigenvalue weighted by Crippen LogP contribution is 2.26. The average Bonchev–Trinajstić information content (AvgIpc) is 2.75. The summed E-state index contributed by atoms with van der Waals surface area (Å²) < 4.78 is 0. The van der Waals surface area contributed by atoms with Gasteiger partial charge in [-0.1, -0.05) is 23.8 Å². The average molecular weight is 273 g/mol. The highest BCUT2D eigenvalue weighted by atomic mass is 32.1. The zero-order chi connectivity index (χ0) is 14.0. The SMILES string of the molecule is Cc1ccc(C(C)NC(C)c2ccc(C)s2)c(C)c1. The molecule has 2 rings (SSSR count). The molecular formula is C17H23NS. The summed E-state index contributed by atoms with van der Waals surface area (Å²) in [4.78, 5) is 2.79. The zero-order valence-corrected chi connectivity index (χ0v) is 13.3. The lowest BCUT2D eigenvalue weighted by molar-refractivity contribution is 0.498. The lowest BCUT2D eigenvalue weighted by atomic mass is 9.99. The minimum absolute atomic E-state index is 0.373. The summed E-state index contributed by atoms with van der Waals surface area (Å²) in [5.41, 5.74) is 4.09. The van der Waals surface area contributed by atoms with Crippen LogP contribution in [0.3, 0.4) is 0 Å². The first-order valence-electron chi connectivity index (χ1n) is 6.87. The van der Waals surface area contributed by atoms with Crippen molar-refractivity contribution in [3.8, 4) is 0 Å². The monoisotopic (exact) mass is 273 g/mol. The summed E-state index contributed by atoms with van der Waals surface area (Å²) in [5.74, 6) is 0. The van der Waals surface area contributed by atoms with Gasteiger partial charge in [0.05, 0.1) is 0 Å². The second-order valence-corrected chi connectivity index (χ2v) is 6.74. The molecule has 0 saturated carbocycles. The van der Waals surface area contributed by atoms with E-state index in [1.165, 1.54) is 26.4 Å². The second kappa shape index (κ2) is 5.89. The number of hydrogen-bond donors (Lipinski definition) is 1. The van der Waals surface area contributed by atoms with Gasteiger partial charge in [0, 0.05) is 21.8 Å². The number of nitrogens with one attached hydrogen (secondary N) is 1. The molecule has 0 aliphatic heterocycles. The molecule has 0 aliphatic carbocycles. The third-order valence-corrected chi connectivity index (χ3v) is 4.76. The molecule has 1 nitrogen and oxygen atoms in total. The van der Waals surface area contributed by atoms with Gasteiger partial charge in [-0.15, -0.1) is 11.3 Å². The van der Waals surface area contributed by atoms with E-state index >= 15 is 0 Å². The predicted molar refractivity (Wildman–Crippen MR) is 84.9 cm³/mol. The first kappa shape index (κ1) is 14.3. The molecule has 0 bridgehead atoms. The first-order valence-corrected chi connectivity index (χ1v) is 7.68. The molecule has 2 heteroatoms. The summed E-state index contributed by atoms with van der Waals surface area (Å²) in [6.45, 7) is 11.0. The van der Waals surface area contributed by atoms with Crippen molar-refractivity contribution < 1.29 is 0 Å². The molecule has 2 atom stereocenters. The Bertz CT molecular complexity index is 556. The van der Waals surface area contributed by atoms with Crippen LogP contribution in [0.5, 0.6) is 0 Å². The third-order valence-electron chi connectivity index (χ3n) is 3.58. The Labute approximate surface area is 120 Å². The summed E-state index contributed by atoms with van der Waals surface area (Å²) in [5, 5.41) is 3.70. The Morgan fingerprint density at radius 3 is 2.26 bits per heavy atom. The summed E-state index contributed by atoms with van der Waals surface area (Å²) in [7, 11) is 0. The minimum atomic E-state index is 0.373. The van der Waals surface area contributed by atoms with Crippen molar-refractivity contribution in [2.24, 2.45) is 0 Å². The number of hydrogen-bond acceptors (Lipinski definition) is 2. The van der Waals surface area contributed by atoms with Crippen molar-refractivity contribution >= 4 is 11.3 Å². The highest BCUT2D eigenvalue weighted by molar-refractivity contribution is 7.12. The highest BCUT2D eigenvalue weighted by Gasteiger charge is 2.13. The summed E-state index contributed by atoms with van der Waals surface area (Å²) >= 11 is 1.88. The van der Waals surface area contributed by atoms with Crippen molar-refractivity contribution in [1.82, 2.24) is 5.32 Å². The number of aryl methyl sites for hydroxylation is 3. The maximum Gasteiger partial charge on any atom is 0.0391 e. The Hall–Kier alpha value is -1.12. The standard InChI is InChI=1S/C17H23NS/c1-11-6-8-16(12(2)10-11)14(4)18-15(5)17-9-7-13(3)19-17/h6-10,14-15,18H,1-5H3. The van der Waals surface area contributed by atoms with E-state index in [1.54, 1.807) is 0 Å². The van der Waals surface area contributed by atoms with E-state index in [4.69, 9.17) is 0 Å². The normalized spacial score (nSPS) is 14.4. The Kier molecular flexibility index (Phi) is 4.43. The topological polar surface area (TPSA) is 12.0 Å². The van der Waals surface area contributed by atoms with Crippen LogP contribution in [0.25, 0.3) is 0 Å².